The van der Waals surface area contributed by atoms with Crippen molar-refractivity contribution in [2.24, 2.45) is 0 Å². The molecule has 1 unspecified atom stereocenters. The van der Waals surface area contributed by atoms with E-state index in [0.717, 1.165) is 47.6 Å². The number of methoxy groups -OCH3 is 1. The zero-order chi connectivity index (χ0) is 26.4. The minimum absolute atomic E-state index is 0.210. The molecule has 0 amide bonds. The molecule has 1 aliphatic carbocycles. The number of halogens is 3. The molecule has 200 valence electrons. The molecule has 0 aliphatic heterocycles. The molecule has 1 heterocycles. The van der Waals surface area contributed by atoms with Crippen molar-refractivity contribution < 1.29 is 32.5 Å². The molecule has 1 saturated carbocycles. The summed E-state index contributed by atoms with van der Waals surface area (Å²) in [6.45, 7) is 2.63. The highest BCUT2D eigenvalue weighted by molar-refractivity contribution is 7.99. The summed E-state index contributed by atoms with van der Waals surface area (Å²) in [5, 5.41) is 20.1. The highest BCUT2D eigenvalue weighted by Gasteiger charge is 2.31. The van der Waals surface area contributed by atoms with Crippen LogP contribution in [0.1, 0.15) is 61.6 Å². The normalized spacial score (nSPS) is 19.0. The van der Waals surface area contributed by atoms with Gasteiger partial charge in [-0.25, -0.2) is 4.68 Å². The Labute approximate surface area is 217 Å². The van der Waals surface area contributed by atoms with Crippen molar-refractivity contribution >= 4 is 11.8 Å². The predicted molar refractivity (Wildman–Crippen MR) is 133 cm³/mol. The molecule has 0 spiro atoms. The van der Waals surface area contributed by atoms with Gasteiger partial charge in [-0.05, 0) is 73.9 Å². The summed E-state index contributed by atoms with van der Waals surface area (Å²) in [7, 11) is 1.62. The molecule has 1 aliphatic rings. The SMILES string of the molecule is CCOC(O)c1nnn(Cc2ccc(OC)cc2)c1SC1CCC(c2ccc(OC(F)(F)F)cc2)CC1. The number of benzene rings is 2. The molecule has 2 aromatic carbocycles. The number of aliphatic hydroxyl groups is 1. The molecule has 0 saturated heterocycles. The van der Waals surface area contributed by atoms with Gasteiger partial charge in [0, 0.05) is 11.9 Å². The van der Waals surface area contributed by atoms with Gasteiger partial charge in [-0.2, -0.15) is 0 Å². The summed E-state index contributed by atoms with van der Waals surface area (Å²) >= 11 is 1.64. The first-order chi connectivity index (χ1) is 17.8. The molecule has 4 rings (SSSR count). The molecule has 1 N–H and O–H groups in total. The Morgan fingerprint density at radius 2 is 1.68 bits per heavy atom. The number of thioether (sulfide) groups is 1. The largest absolute Gasteiger partial charge is 0.573 e. The Balaban J connectivity index is 1.42. The average molecular weight is 538 g/mol. The van der Waals surface area contributed by atoms with Crippen molar-refractivity contribution in [3.05, 3.63) is 65.4 Å². The van der Waals surface area contributed by atoms with Crippen LogP contribution >= 0.6 is 11.8 Å². The molecule has 11 heteroatoms. The molecular weight excluding hydrogens is 507 g/mol. The third-order valence-corrected chi connectivity index (χ3v) is 7.75. The Morgan fingerprint density at radius 1 is 1.03 bits per heavy atom. The van der Waals surface area contributed by atoms with Crippen LogP contribution in [0.3, 0.4) is 0 Å². The Bertz CT molecular complexity index is 1130. The molecule has 0 bridgehead atoms. The van der Waals surface area contributed by atoms with Gasteiger partial charge >= 0.3 is 6.36 Å². The van der Waals surface area contributed by atoms with E-state index in [1.165, 1.54) is 12.1 Å². The van der Waals surface area contributed by atoms with Crippen molar-refractivity contribution in [3.63, 3.8) is 0 Å². The highest BCUT2D eigenvalue weighted by atomic mass is 32.2. The number of nitrogens with zero attached hydrogens (tertiary/aromatic N) is 3. The minimum Gasteiger partial charge on any atom is -0.497 e. The fourth-order valence-electron chi connectivity index (χ4n) is 4.45. The van der Waals surface area contributed by atoms with Gasteiger partial charge in [0.2, 0.25) is 6.29 Å². The summed E-state index contributed by atoms with van der Waals surface area (Å²) in [4.78, 5) is 0. The lowest BCUT2D eigenvalue weighted by Gasteiger charge is -2.29. The Morgan fingerprint density at radius 3 is 2.27 bits per heavy atom. The van der Waals surface area contributed by atoms with E-state index in [9.17, 15) is 18.3 Å². The second-order valence-electron chi connectivity index (χ2n) is 8.80. The summed E-state index contributed by atoms with van der Waals surface area (Å²) in [5.74, 6) is 0.828. The lowest BCUT2D eigenvalue weighted by atomic mass is 9.84. The van der Waals surface area contributed by atoms with E-state index in [4.69, 9.17) is 9.47 Å². The van der Waals surface area contributed by atoms with Crippen molar-refractivity contribution in [1.29, 1.82) is 0 Å². The van der Waals surface area contributed by atoms with Crippen LogP contribution in [0.2, 0.25) is 0 Å². The van der Waals surface area contributed by atoms with Gasteiger partial charge < -0.3 is 19.3 Å². The topological polar surface area (TPSA) is 78.6 Å². The number of rotatable bonds is 10. The first-order valence-electron chi connectivity index (χ1n) is 12.1. The van der Waals surface area contributed by atoms with Crippen LogP contribution in [0, 0.1) is 0 Å². The van der Waals surface area contributed by atoms with Gasteiger partial charge in [0.15, 0.2) is 5.69 Å². The molecule has 0 radical (unpaired) electrons. The second kappa shape index (κ2) is 12.2. The van der Waals surface area contributed by atoms with E-state index in [-0.39, 0.29) is 16.9 Å². The lowest BCUT2D eigenvalue weighted by molar-refractivity contribution is -0.274. The Hall–Kier alpha value is -2.76. The third kappa shape index (κ3) is 7.39. The number of hydrogen-bond donors (Lipinski definition) is 1. The molecule has 1 atom stereocenters. The highest BCUT2D eigenvalue weighted by Crippen LogP contribution is 2.42. The van der Waals surface area contributed by atoms with Crippen molar-refractivity contribution in [2.75, 3.05) is 13.7 Å². The maximum absolute atomic E-state index is 12.4. The van der Waals surface area contributed by atoms with Crippen LogP contribution < -0.4 is 9.47 Å². The maximum atomic E-state index is 12.4. The quantitative estimate of drug-likeness (QED) is 0.314. The number of aromatic nitrogens is 3. The van der Waals surface area contributed by atoms with Gasteiger partial charge in [0.1, 0.15) is 16.5 Å². The Kier molecular flexibility index (Phi) is 8.99. The number of hydrogen-bond acceptors (Lipinski definition) is 7. The van der Waals surface area contributed by atoms with Crippen molar-refractivity contribution in [3.8, 4) is 11.5 Å². The van der Waals surface area contributed by atoms with E-state index >= 15 is 0 Å². The maximum Gasteiger partial charge on any atom is 0.573 e. The van der Waals surface area contributed by atoms with Crippen molar-refractivity contribution in [1.82, 2.24) is 15.0 Å². The van der Waals surface area contributed by atoms with E-state index in [2.05, 4.69) is 15.0 Å². The van der Waals surface area contributed by atoms with Crippen LogP contribution in [0.25, 0.3) is 0 Å². The monoisotopic (exact) mass is 537 g/mol. The van der Waals surface area contributed by atoms with Crippen LogP contribution in [0.15, 0.2) is 53.6 Å². The third-order valence-electron chi connectivity index (χ3n) is 6.30. The molecule has 37 heavy (non-hydrogen) atoms. The zero-order valence-electron chi connectivity index (χ0n) is 20.6. The summed E-state index contributed by atoms with van der Waals surface area (Å²) < 4.78 is 53.7. The van der Waals surface area contributed by atoms with E-state index in [0.29, 0.717) is 18.8 Å². The molecule has 3 aromatic rings. The number of alkyl halides is 3. The average Bonchev–Trinajstić information content (AvgIpc) is 3.26. The fraction of sp³-hybridized carbons (Fsp3) is 0.462. The fourth-order valence-corrected chi connectivity index (χ4v) is 5.76. The predicted octanol–water partition coefficient (Wildman–Crippen LogP) is 6.08. The van der Waals surface area contributed by atoms with Crippen LogP contribution in [-0.4, -0.2) is 45.4 Å². The van der Waals surface area contributed by atoms with E-state index in [1.807, 2.05) is 24.3 Å². The summed E-state index contributed by atoms with van der Waals surface area (Å²) in [6.07, 6.45) is -2.23. The van der Waals surface area contributed by atoms with E-state index in [1.54, 1.807) is 42.6 Å². The van der Waals surface area contributed by atoms with E-state index < -0.39 is 12.7 Å². The van der Waals surface area contributed by atoms with Gasteiger partial charge in [-0.1, -0.05) is 29.5 Å². The second-order valence-corrected chi connectivity index (χ2v) is 10.1. The van der Waals surface area contributed by atoms with Crippen LogP contribution in [-0.2, 0) is 11.3 Å². The first-order valence-corrected chi connectivity index (χ1v) is 13.0. The molecule has 1 fully saturated rings. The smallest absolute Gasteiger partial charge is 0.497 e. The minimum atomic E-state index is -4.69. The van der Waals surface area contributed by atoms with Crippen molar-refractivity contribution in [2.45, 2.75) is 68.0 Å². The van der Waals surface area contributed by atoms with Crippen LogP contribution in [0.4, 0.5) is 13.2 Å². The van der Waals surface area contributed by atoms with Gasteiger partial charge in [0.05, 0.1) is 13.7 Å². The standard InChI is InChI=1S/C26H30F3N3O4S/c1-3-35-25(33)23-24(32(31-30-23)16-17-4-10-20(34-2)11-5-17)37-22-14-8-19(9-15-22)18-6-12-21(13-7-18)36-26(27,28)29/h4-7,10-13,19,22,25,33H,3,8-9,14-16H2,1-2H3. The van der Waals surface area contributed by atoms with Gasteiger partial charge in [-0.3, -0.25) is 0 Å². The number of aliphatic hydroxyl groups excluding tert-OH is 1. The lowest BCUT2D eigenvalue weighted by Crippen LogP contribution is -2.18. The molecule has 7 nitrogen and oxygen atoms in total. The molecular formula is C26H30F3N3O4S. The summed E-state index contributed by atoms with van der Waals surface area (Å²) in [5.41, 5.74) is 2.44. The molecule has 1 aromatic heterocycles. The zero-order valence-corrected chi connectivity index (χ0v) is 21.5. The summed E-state index contributed by atoms with van der Waals surface area (Å²) in [6, 6.07) is 13.9. The first kappa shape index (κ1) is 27.3. The van der Waals surface area contributed by atoms with Gasteiger partial charge in [0.25, 0.3) is 0 Å². The van der Waals surface area contributed by atoms with Gasteiger partial charge in [-0.15, -0.1) is 30.0 Å². The number of ether oxygens (including phenoxy) is 3. The van der Waals surface area contributed by atoms with Crippen LogP contribution in [0.5, 0.6) is 11.5 Å².